The maximum atomic E-state index is 12.0. The Labute approximate surface area is 72.1 Å². The van der Waals surface area contributed by atoms with Crippen LogP contribution in [0.3, 0.4) is 0 Å². The first-order valence-electron chi connectivity index (χ1n) is 3.67. The Bertz CT molecular complexity index is 269. The molecule has 0 amide bonds. The Morgan fingerprint density at radius 1 is 1.46 bits per heavy atom. The van der Waals surface area contributed by atoms with E-state index in [9.17, 15) is 13.2 Å². The van der Waals surface area contributed by atoms with Crippen molar-refractivity contribution in [3.63, 3.8) is 0 Å². The highest BCUT2D eigenvalue weighted by Gasteiger charge is 2.34. The maximum Gasteiger partial charge on any atom is 0.436 e. The fourth-order valence-corrected chi connectivity index (χ4v) is 0.818. The first-order valence-corrected chi connectivity index (χ1v) is 3.67. The van der Waals surface area contributed by atoms with Crippen molar-refractivity contribution in [2.75, 3.05) is 6.61 Å². The number of aryl methyl sites for hydroxylation is 1. The van der Waals surface area contributed by atoms with Gasteiger partial charge in [-0.15, -0.1) is 0 Å². The number of halogens is 3. The Hall–Kier alpha value is -1.04. The average molecular weight is 195 g/mol. The van der Waals surface area contributed by atoms with Crippen LogP contribution in [0, 0.1) is 0 Å². The molecule has 0 saturated heterocycles. The summed E-state index contributed by atoms with van der Waals surface area (Å²) in [5, 5.41) is 11.3. The van der Waals surface area contributed by atoms with Crippen LogP contribution in [0.5, 0.6) is 0 Å². The summed E-state index contributed by atoms with van der Waals surface area (Å²) < 4.78 is 40.3. The summed E-state index contributed by atoms with van der Waals surface area (Å²) in [4.78, 5) is 0. The second kappa shape index (κ2) is 3.78. The van der Waals surface area contributed by atoms with E-state index in [1.807, 2.05) is 0 Å². The molecule has 0 aliphatic rings. The molecule has 1 rings (SSSR count). The van der Waals surface area contributed by atoms with Gasteiger partial charge in [-0.2, -0.15) is 13.2 Å². The van der Waals surface area contributed by atoms with Gasteiger partial charge in [0.15, 0.2) is 5.69 Å². The molecule has 0 radical (unpaired) electrons. The zero-order valence-corrected chi connectivity index (χ0v) is 6.64. The monoisotopic (exact) mass is 195 g/mol. The average Bonchev–Trinajstić information content (AvgIpc) is 2.47. The molecule has 1 aromatic heterocycles. The molecule has 0 fully saturated rings. The van der Waals surface area contributed by atoms with Crippen LogP contribution in [-0.2, 0) is 12.6 Å². The Morgan fingerprint density at radius 2 is 2.15 bits per heavy atom. The third-order valence-corrected chi connectivity index (χ3v) is 1.43. The van der Waals surface area contributed by atoms with Gasteiger partial charge in [0.25, 0.3) is 0 Å². The summed E-state index contributed by atoms with van der Waals surface area (Å²) in [7, 11) is 0. The van der Waals surface area contributed by atoms with Crippen LogP contribution in [0.4, 0.5) is 13.2 Å². The molecule has 0 saturated carbocycles. The minimum absolute atomic E-state index is 0.0813. The van der Waals surface area contributed by atoms with Gasteiger partial charge < -0.3 is 9.63 Å². The highest BCUT2D eigenvalue weighted by Crippen LogP contribution is 2.28. The number of hydrogen-bond donors (Lipinski definition) is 1. The van der Waals surface area contributed by atoms with E-state index in [2.05, 4.69) is 9.68 Å². The highest BCUT2D eigenvalue weighted by atomic mass is 19.4. The van der Waals surface area contributed by atoms with Gasteiger partial charge in [0.05, 0.1) is 0 Å². The molecule has 6 heteroatoms. The van der Waals surface area contributed by atoms with E-state index in [1.54, 1.807) is 0 Å². The number of aromatic nitrogens is 1. The Morgan fingerprint density at radius 3 is 2.62 bits per heavy atom. The fourth-order valence-electron chi connectivity index (χ4n) is 0.818. The van der Waals surface area contributed by atoms with E-state index in [0.29, 0.717) is 6.42 Å². The lowest BCUT2D eigenvalue weighted by Crippen LogP contribution is -2.04. The normalized spacial score (nSPS) is 12.0. The molecule has 13 heavy (non-hydrogen) atoms. The third kappa shape index (κ3) is 2.73. The number of alkyl halides is 3. The lowest BCUT2D eigenvalue weighted by molar-refractivity contribution is -0.142. The smallest absolute Gasteiger partial charge is 0.396 e. The molecule has 0 unspecified atom stereocenters. The summed E-state index contributed by atoms with van der Waals surface area (Å²) in [6.45, 7) is -0.0813. The van der Waals surface area contributed by atoms with Gasteiger partial charge >= 0.3 is 6.18 Å². The summed E-state index contributed by atoms with van der Waals surface area (Å²) in [6, 6.07) is 0.843. The molecule has 0 aliphatic heterocycles. The van der Waals surface area contributed by atoms with E-state index in [0.717, 1.165) is 6.07 Å². The van der Waals surface area contributed by atoms with Crippen LogP contribution >= 0.6 is 0 Å². The van der Waals surface area contributed by atoms with Gasteiger partial charge in [0, 0.05) is 19.1 Å². The third-order valence-electron chi connectivity index (χ3n) is 1.43. The number of aliphatic hydroxyl groups is 1. The minimum atomic E-state index is -4.46. The van der Waals surface area contributed by atoms with Crippen LogP contribution in [0.25, 0.3) is 0 Å². The van der Waals surface area contributed by atoms with Crippen molar-refractivity contribution in [1.82, 2.24) is 5.16 Å². The van der Waals surface area contributed by atoms with Crippen LogP contribution < -0.4 is 0 Å². The molecule has 0 spiro atoms. The van der Waals surface area contributed by atoms with Gasteiger partial charge in [0.1, 0.15) is 5.76 Å². The summed E-state index contributed by atoms with van der Waals surface area (Å²) in [5.74, 6) is 0.140. The standard InChI is InChI=1S/C7H8F3NO2/c8-7(9,10)6-4-5(13-11-6)2-1-3-12/h4,12H,1-3H2. The lowest BCUT2D eigenvalue weighted by atomic mass is 10.2. The number of rotatable bonds is 3. The number of nitrogens with zero attached hydrogens (tertiary/aromatic N) is 1. The number of aliphatic hydroxyl groups excluding tert-OH is 1. The van der Waals surface area contributed by atoms with E-state index in [1.165, 1.54) is 0 Å². The molecular formula is C7H8F3NO2. The molecule has 0 atom stereocenters. The van der Waals surface area contributed by atoms with Gasteiger partial charge in [-0.1, -0.05) is 5.16 Å². The Kier molecular flexibility index (Phi) is 2.92. The molecule has 74 valence electrons. The topological polar surface area (TPSA) is 46.3 Å². The SMILES string of the molecule is OCCCc1cc(C(F)(F)F)no1. The maximum absolute atomic E-state index is 12.0. The van der Waals surface area contributed by atoms with Crippen molar-refractivity contribution in [3.8, 4) is 0 Å². The fraction of sp³-hybridized carbons (Fsp3) is 0.571. The molecule has 0 bridgehead atoms. The van der Waals surface area contributed by atoms with Crippen molar-refractivity contribution in [3.05, 3.63) is 17.5 Å². The zero-order valence-electron chi connectivity index (χ0n) is 6.64. The minimum Gasteiger partial charge on any atom is -0.396 e. The van der Waals surface area contributed by atoms with Gasteiger partial charge in [0.2, 0.25) is 0 Å². The van der Waals surface area contributed by atoms with Gasteiger partial charge in [-0.25, -0.2) is 0 Å². The van der Waals surface area contributed by atoms with E-state index < -0.39 is 11.9 Å². The largest absolute Gasteiger partial charge is 0.436 e. The molecule has 1 N–H and O–H groups in total. The first kappa shape index (κ1) is 10.0. The van der Waals surface area contributed by atoms with Crippen molar-refractivity contribution in [2.45, 2.75) is 19.0 Å². The van der Waals surface area contributed by atoms with Crippen LogP contribution in [0.15, 0.2) is 10.6 Å². The molecule has 0 aliphatic carbocycles. The summed E-state index contributed by atoms with van der Waals surface area (Å²) in [6.07, 6.45) is -3.83. The van der Waals surface area contributed by atoms with Crippen molar-refractivity contribution in [2.24, 2.45) is 0 Å². The Balaban J connectivity index is 2.64. The van der Waals surface area contributed by atoms with E-state index >= 15 is 0 Å². The molecule has 1 heterocycles. The second-order valence-electron chi connectivity index (χ2n) is 2.50. The molecule has 3 nitrogen and oxygen atoms in total. The second-order valence-corrected chi connectivity index (χ2v) is 2.50. The predicted molar refractivity (Wildman–Crippen MR) is 36.9 cm³/mol. The predicted octanol–water partition coefficient (Wildman–Crippen LogP) is 1.62. The van der Waals surface area contributed by atoms with Gasteiger partial charge in [-0.05, 0) is 6.42 Å². The van der Waals surface area contributed by atoms with Crippen molar-refractivity contribution >= 4 is 0 Å². The van der Waals surface area contributed by atoms with E-state index in [-0.39, 0.29) is 18.8 Å². The summed E-state index contributed by atoms with van der Waals surface area (Å²) in [5.41, 5.74) is -1.03. The van der Waals surface area contributed by atoms with Crippen LogP contribution in [-0.4, -0.2) is 16.9 Å². The van der Waals surface area contributed by atoms with Crippen LogP contribution in [0.1, 0.15) is 17.9 Å². The van der Waals surface area contributed by atoms with Crippen molar-refractivity contribution in [1.29, 1.82) is 0 Å². The zero-order chi connectivity index (χ0) is 9.90. The number of hydrogen-bond acceptors (Lipinski definition) is 3. The van der Waals surface area contributed by atoms with Crippen molar-refractivity contribution < 1.29 is 22.8 Å². The lowest BCUT2D eigenvalue weighted by Gasteiger charge is -1.97. The first-order chi connectivity index (χ1) is 6.04. The van der Waals surface area contributed by atoms with Gasteiger partial charge in [-0.3, -0.25) is 0 Å². The van der Waals surface area contributed by atoms with Crippen LogP contribution in [0.2, 0.25) is 0 Å². The summed E-state index contributed by atoms with van der Waals surface area (Å²) >= 11 is 0. The highest BCUT2D eigenvalue weighted by molar-refractivity contribution is 5.08. The molecule has 1 aromatic rings. The quantitative estimate of drug-likeness (QED) is 0.797. The molecular weight excluding hydrogens is 187 g/mol. The van der Waals surface area contributed by atoms with E-state index in [4.69, 9.17) is 5.11 Å². The molecule has 0 aromatic carbocycles.